The first-order valence-electron chi connectivity index (χ1n) is 19.1. The Morgan fingerprint density at radius 3 is 2.71 bits per heavy atom. The number of carbonyl (C=O) groups is 2. The molecule has 1 saturated heterocycles. The third kappa shape index (κ3) is 9.54. The van der Waals surface area contributed by atoms with Crippen LogP contribution in [0.4, 0.5) is 5.69 Å². The van der Waals surface area contributed by atoms with Crippen molar-refractivity contribution < 1.29 is 37.5 Å². The van der Waals surface area contributed by atoms with Gasteiger partial charge < -0.3 is 28.6 Å². The summed E-state index contributed by atoms with van der Waals surface area (Å²) in [5, 5.41) is 4.98. The Morgan fingerprint density at radius 1 is 1.09 bits per heavy atom. The van der Waals surface area contributed by atoms with Gasteiger partial charge in [-0.2, -0.15) is 0 Å². The number of methoxy groups -OCH3 is 1. The van der Waals surface area contributed by atoms with Crippen LogP contribution in [0.25, 0.3) is 0 Å². The van der Waals surface area contributed by atoms with E-state index in [-0.39, 0.29) is 41.4 Å². The number of carbonyl (C=O) groups excluding carboxylic acids is 2. The first-order valence-corrected chi connectivity index (χ1v) is 21.1. The van der Waals surface area contributed by atoms with Crippen molar-refractivity contribution in [2.45, 2.75) is 64.4 Å². The molecule has 296 valence electrons. The number of anilines is 1. The summed E-state index contributed by atoms with van der Waals surface area (Å²) in [5.74, 6) is -0.407. The minimum atomic E-state index is -3.67. The molecule has 1 N–H and O–H groups in total. The van der Waals surface area contributed by atoms with Crippen LogP contribution in [0, 0.1) is 17.8 Å². The van der Waals surface area contributed by atoms with E-state index in [4.69, 9.17) is 35.3 Å². The molecular weight excluding hydrogens is 746 g/mol. The lowest BCUT2D eigenvalue weighted by molar-refractivity contribution is -0.0693. The van der Waals surface area contributed by atoms with Gasteiger partial charge in [0.2, 0.25) is 5.88 Å². The summed E-state index contributed by atoms with van der Waals surface area (Å²) in [6.07, 6.45) is 10.2. The van der Waals surface area contributed by atoms with Gasteiger partial charge in [-0.05, 0) is 97.7 Å². The van der Waals surface area contributed by atoms with Gasteiger partial charge in [-0.1, -0.05) is 36.7 Å². The SMILES string of the molecule is CO[C@H]1/C=C/C[C@H](C)C[S@@](=O)(NC(=O)c2cn(C)nc2OCC2OCCO2)=NC(=O)c2ccc3c(c2)N(Cc2ccc(Cl)cc2CCCCO3)C[C@@H]2CC[C@H]21. The van der Waals surface area contributed by atoms with Gasteiger partial charge in [-0.25, -0.2) is 4.21 Å². The van der Waals surface area contributed by atoms with E-state index in [1.807, 2.05) is 19.1 Å². The van der Waals surface area contributed by atoms with Gasteiger partial charge in [0.05, 0.1) is 37.4 Å². The van der Waals surface area contributed by atoms with Crippen molar-refractivity contribution in [2.75, 3.05) is 50.7 Å². The molecule has 3 aromatic rings. The summed E-state index contributed by atoms with van der Waals surface area (Å²) in [5.41, 5.74) is 3.39. The number of fused-ring (bicyclic) bond motifs is 3. The van der Waals surface area contributed by atoms with E-state index in [0.29, 0.717) is 61.9 Å². The minimum Gasteiger partial charge on any atom is -0.491 e. The Balaban J connectivity index is 1.27. The Morgan fingerprint density at radius 2 is 1.93 bits per heavy atom. The van der Waals surface area contributed by atoms with E-state index in [2.05, 4.69) is 37.3 Å². The zero-order valence-corrected chi connectivity index (χ0v) is 33.2. The van der Waals surface area contributed by atoms with Crippen molar-refractivity contribution in [3.63, 3.8) is 0 Å². The second kappa shape index (κ2) is 17.5. The van der Waals surface area contributed by atoms with Crippen molar-refractivity contribution in [2.24, 2.45) is 29.2 Å². The maximum atomic E-state index is 14.8. The van der Waals surface area contributed by atoms with Crippen LogP contribution in [0.1, 0.15) is 70.9 Å². The van der Waals surface area contributed by atoms with Crippen LogP contribution in [0.2, 0.25) is 5.02 Å². The quantitative estimate of drug-likeness (QED) is 0.289. The van der Waals surface area contributed by atoms with Crippen LogP contribution >= 0.6 is 11.6 Å². The van der Waals surface area contributed by atoms with Gasteiger partial charge in [0.15, 0.2) is 6.29 Å². The van der Waals surface area contributed by atoms with Crippen LogP contribution < -0.4 is 19.1 Å². The molecule has 15 heteroatoms. The van der Waals surface area contributed by atoms with Crippen LogP contribution in [0.3, 0.4) is 0 Å². The van der Waals surface area contributed by atoms with Crippen molar-refractivity contribution in [3.8, 4) is 11.6 Å². The van der Waals surface area contributed by atoms with Gasteiger partial charge in [-0.3, -0.25) is 19.0 Å². The lowest BCUT2D eigenvalue weighted by Gasteiger charge is -2.43. The third-order valence-electron chi connectivity index (χ3n) is 10.7. The zero-order chi connectivity index (χ0) is 38.5. The summed E-state index contributed by atoms with van der Waals surface area (Å²) in [6, 6.07) is 11.3. The number of benzene rings is 2. The maximum Gasteiger partial charge on any atom is 0.286 e. The number of allylic oxidation sites excluding steroid dienone is 1. The molecule has 55 heavy (non-hydrogen) atoms. The van der Waals surface area contributed by atoms with E-state index < -0.39 is 28.0 Å². The predicted molar refractivity (Wildman–Crippen MR) is 209 cm³/mol. The normalized spacial score (nSPS) is 27.0. The van der Waals surface area contributed by atoms with E-state index in [1.54, 1.807) is 32.4 Å². The molecule has 2 bridgehead atoms. The summed E-state index contributed by atoms with van der Waals surface area (Å²) < 4.78 is 52.3. The van der Waals surface area contributed by atoms with Crippen LogP contribution in [-0.2, 0) is 44.1 Å². The van der Waals surface area contributed by atoms with Gasteiger partial charge in [0.1, 0.15) is 27.8 Å². The van der Waals surface area contributed by atoms with Gasteiger partial charge in [-0.15, -0.1) is 9.46 Å². The molecule has 1 aromatic heterocycles. The van der Waals surface area contributed by atoms with Crippen LogP contribution in [-0.4, -0.2) is 84.0 Å². The van der Waals surface area contributed by atoms with E-state index in [0.717, 1.165) is 43.4 Å². The first-order chi connectivity index (χ1) is 26.6. The fourth-order valence-corrected chi connectivity index (χ4v) is 9.83. The number of ether oxygens (including phenoxy) is 5. The predicted octanol–water partition coefficient (Wildman–Crippen LogP) is 6.14. The molecule has 0 unspecified atom stereocenters. The largest absolute Gasteiger partial charge is 0.491 e. The summed E-state index contributed by atoms with van der Waals surface area (Å²) >= 11 is 6.48. The smallest absolute Gasteiger partial charge is 0.286 e. The molecule has 5 atom stereocenters. The van der Waals surface area contributed by atoms with Crippen molar-refractivity contribution in [1.82, 2.24) is 14.5 Å². The molecule has 0 radical (unpaired) electrons. The topological polar surface area (TPSA) is 143 Å². The van der Waals surface area contributed by atoms with Crippen molar-refractivity contribution >= 4 is 39.0 Å². The average Bonchev–Trinajstić information content (AvgIpc) is 3.80. The Kier molecular flexibility index (Phi) is 12.5. The highest BCUT2D eigenvalue weighted by atomic mass is 35.5. The number of aryl methyl sites for hydroxylation is 2. The van der Waals surface area contributed by atoms with E-state index in [1.165, 1.54) is 16.4 Å². The Labute approximate surface area is 327 Å². The van der Waals surface area contributed by atoms with Gasteiger partial charge in [0, 0.05) is 44.0 Å². The molecule has 7 rings (SSSR count). The van der Waals surface area contributed by atoms with E-state index in [9.17, 15) is 13.8 Å². The highest BCUT2D eigenvalue weighted by Gasteiger charge is 2.38. The van der Waals surface area contributed by atoms with E-state index >= 15 is 0 Å². The Hall–Kier alpha value is -3.95. The molecule has 2 amide bonds. The lowest BCUT2D eigenvalue weighted by atomic mass is 9.70. The summed E-state index contributed by atoms with van der Waals surface area (Å²) in [7, 11) is -0.286. The molecule has 13 nitrogen and oxygen atoms in total. The van der Waals surface area contributed by atoms with Gasteiger partial charge in [0.25, 0.3) is 11.8 Å². The fourth-order valence-electron chi connectivity index (χ4n) is 7.76. The number of nitrogens with one attached hydrogen (secondary N) is 1. The number of amides is 2. The molecule has 4 heterocycles. The van der Waals surface area contributed by atoms with Crippen LogP contribution in [0.15, 0.2) is 59.1 Å². The minimum absolute atomic E-state index is 0.0152. The summed E-state index contributed by atoms with van der Waals surface area (Å²) in [6.45, 7) is 4.63. The summed E-state index contributed by atoms with van der Waals surface area (Å²) in [4.78, 5) is 30.3. The number of halogens is 1. The molecule has 2 aromatic carbocycles. The van der Waals surface area contributed by atoms with Crippen molar-refractivity contribution in [3.05, 3.63) is 82.0 Å². The first kappa shape index (κ1) is 39.3. The second-order valence-corrected chi connectivity index (χ2v) is 17.3. The third-order valence-corrected chi connectivity index (χ3v) is 13.0. The number of nitrogens with zero attached hydrogens (tertiary/aromatic N) is 4. The lowest BCUT2D eigenvalue weighted by Crippen LogP contribution is -2.43. The Bertz CT molecular complexity index is 2020. The molecule has 3 aliphatic heterocycles. The molecule has 4 aliphatic rings. The second-order valence-electron chi connectivity index (χ2n) is 14.9. The molecule has 0 spiro atoms. The molecule has 1 aliphatic carbocycles. The number of hydrogen-bond acceptors (Lipinski definition) is 10. The fraction of sp³-hybridized carbons (Fsp3) is 0.525. The highest BCUT2D eigenvalue weighted by Crippen LogP contribution is 2.42. The van der Waals surface area contributed by atoms with Crippen molar-refractivity contribution in [1.29, 1.82) is 0 Å². The number of rotatable bonds is 6. The highest BCUT2D eigenvalue weighted by molar-refractivity contribution is 7.92. The standard InChI is InChI=1S/C40H50ClN5O8S/c1-26-7-6-9-35(50-3)32-14-11-30(32)22-46-21-29-10-13-31(41)19-27(29)8-4-5-16-51-36-15-12-28(20-34(36)46)38(47)43-55(49,25-26)44-39(48)33-23-45(2)42-40(33)54-24-37-52-17-18-53-37/h6,9-10,12-13,15,19-20,23,26,30,32,35,37H,4-5,7-8,11,14,16-18,21-22,24-25H2,1-3H3,(H,43,44,47,48,49)/b9-6+/t26-,30-,32+,35-,55-/m0/s1. The zero-order valence-electron chi connectivity index (χ0n) is 31.6. The monoisotopic (exact) mass is 795 g/mol. The number of aromatic nitrogens is 2. The molecular formula is C40H50ClN5O8S. The molecule has 1 saturated carbocycles. The molecule has 2 fully saturated rings. The van der Waals surface area contributed by atoms with Crippen LogP contribution in [0.5, 0.6) is 11.6 Å². The van der Waals surface area contributed by atoms with Gasteiger partial charge >= 0.3 is 0 Å². The number of hydrogen-bond donors (Lipinski definition) is 1. The average molecular weight is 796 g/mol. The maximum absolute atomic E-state index is 14.8.